The molecule has 3 rings (SSSR count). The molecule has 1 aliphatic carbocycles. The van der Waals surface area contributed by atoms with Crippen molar-refractivity contribution >= 4 is 35.2 Å². The van der Waals surface area contributed by atoms with E-state index in [0.717, 1.165) is 25.7 Å². The number of anilines is 1. The van der Waals surface area contributed by atoms with Crippen molar-refractivity contribution in [1.82, 2.24) is 4.90 Å². The van der Waals surface area contributed by atoms with Gasteiger partial charge in [0.1, 0.15) is 11.8 Å². The molecule has 146 valence electrons. The molecule has 0 unspecified atom stereocenters. The van der Waals surface area contributed by atoms with E-state index in [9.17, 15) is 14.4 Å². The third kappa shape index (κ3) is 3.98. The molecule has 1 saturated heterocycles. The first kappa shape index (κ1) is 19.7. The van der Waals surface area contributed by atoms with Gasteiger partial charge in [0, 0.05) is 0 Å². The predicted molar refractivity (Wildman–Crippen MR) is 106 cm³/mol. The Hall–Kier alpha value is -2.02. The molecule has 6 nitrogen and oxygen atoms in total. The van der Waals surface area contributed by atoms with Crippen molar-refractivity contribution in [3.8, 4) is 5.75 Å². The third-order valence-corrected chi connectivity index (χ3v) is 6.09. The average Bonchev–Trinajstić information content (AvgIpc) is 2.94. The molecule has 1 aromatic rings. The van der Waals surface area contributed by atoms with Crippen LogP contribution in [0.4, 0.5) is 5.69 Å². The molecule has 2 aliphatic rings. The number of nitrogens with one attached hydrogen (secondary N) is 1. The van der Waals surface area contributed by atoms with Crippen LogP contribution in [-0.4, -0.2) is 47.8 Å². The zero-order valence-corrected chi connectivity index (χ0v) is 16.6. The number of amides is 3. The van der Waals surface area contributed by atoms with Crippen molar-refractivity contribution < 1.29 is 19.1 Å². The highest BCUT2D eigenvalue weighted by Crippen LogP contribution is 2.39. The van der Waals surface area contributed by atoms with E-state index in [1.54, 1.807) is 30.0 Å². The lowest BCUT2D eigenvalue weighted by Gasteiger charge is -2.26. The minimum Gasteiger partial charge on any atom is -0.495 e. The van der Waals surface area contributed by atoms with Gasteiger partial charge in [-0.3, -0.25) is 19.3 Å². The van der Waals surface area contributed by atoms with E-state index >= 15 is 0 Å². The lowest BCUT2D eigenvalue weighted by molar-refractivity contribution is -0.146. The molecule has 0 bridgehead atoms. The Kier molecular flexibility index (Phi) is 6.42. The molecule has 1 aliphatic heterocycles. The van der Waals surface area contributed by atoms with Gasteiger partial charge in [-0.05, 0) is 43.4 Å². The van der Waals surface area contributed by atoms with Gasteiger partial charge in [-0.1, -0.05) is 25.0 Å². The first-order valence-corrected chi connectivity index (χ1v) is 10.8. The van der Waals surface area contributed by atoms with Crippen LogP contribution in [0.25, 0.3) is 0 Å². The summed E-state index contributed by atoms with van der Waals surface area (Å²) in [6.45, 7) is 0. The largest absolute Gasteiger partial charge is 0.495 e. The molecule has 1 saturated carbocycles. The first-order chi connectivity index (χ1) is 13.1. The number of methoxy groups -OCH3 is 1. The van der Waals surface area contributed by atoms with Crippen LogP contribution in [0.2, 0.25) is 0 Å². The highest BCUT2D eigenvalue weighted by Gasteiger charge is 2.51. The maximum Gasteiger partial charge on any atom is 0.247 e. The lowest BCUT2D eigenvalue weighted by Crippen LogP contribution is -2.48. The van der Waals surface area contributed by atoms with Gasteiger partial charge in [0.05, 0.1) is 24.6 Å². The fourth-order valence-corrected chi connectivity index (χ4v) is 4.52. The van der Waals surface area contributed by atoms with E-state index in [4.69, 9.17) is 4.74 Å². The molecule has 1 aromatic carbocycles. The number of hydrogen-bond donors (Lipinski definition) is 1. The topological polar surface area (TPSA) is 75.7 Å². The fraction of sp³-hybridized carbons (Fsp3) is 0.550. The summed E-state index contributed by atoms with van der Waals surface area (Å²) >= 11 is 1.59. The van der Waals surface area contributed by atoms with Crippen molar-refractivity contribution in [2.75, 3.05) is 24.4 Å². The average molecular weight is 391 g/mol. The summed E-state index contributed by atoms with van der Waals surface area (Å²) in [5, 5.41) is 2.85. The van der Waals surface area contributed by atoms with Crippen LogP contribution in [0.3, 0.4) is 0 Å². The minimum absolute atomic E-state index is 0.175. The molecular weight excluding hydrogens is 364 g/mol. The molecule has 27 heavy (non-hydrogen) atoms. The summed E-state index contributed by atoms with van der Waals surface area (Å²) in [5.41, 5.74) is 0.538. The van der Waals surface area contributed by atoms with Gasteiger partial charge < -0.3 is 10.1 Å². The summed E-state index contributed by atoms with van der Waals surface area (Å²) < 4.78 is 5.29. The number of benzene rings is 1. The van der Waals surface area contributed by atoms with Gasteiger partial charge >= 0.3 is 0 Å². The van der Waals surface area contributed by atoms with Crippen LogP contribution in [0.15, 0.2) is 24.3 Å². The van der Waals surface area contributed by atoms with Gasteiger partial charge in [0.2, 0.25) is 17.7 Å². The second-order valence-corrected chi connectivity index (χ2v) is 8.02. The summed E-state index contributed by atoms with van der Waals surface area (Å²) in [5.74, 6) is 0.0494. The standard InChI is InChI=1S/C20H26N2O4S/c1-26-17-10-6-5-9-15(17)21-18(23)16(11-12-27-2)22-19(24)13-7-3-4-8-14(13)20(22)25/h5-6,9-10,13-14,16H,3-4,7-8,11-12H2,1-2H3,(H,21,23)/t13-,14+,16-/m0/s1. The highest BCUT2D eigenvalue weighted by atomic mass is 32.2. The number of ether oxygens (including phenoxy) is 1. The molecular formula is C20H26N2O4S. The number of carbonyl (C=O) groups is 3. The predicted octanol–water partition coefficient (Wildman–Crippen LogP) is 2.93. The quantitative estimate of drug-likeness (QED) is 0.725. The summed E-state index contributed by atoms with van der Waals surface area (Å²) in [4.78, 5) is 40.2. The van der Waals surface area contributed by atoms with Gasteiger partial charge in [-0.2, -0.15) is 11.8 Å². The van der Waals surface area contributed by atoms with Gasteiger partial charge in [-0.15, -0.1) is 0 Å². The van der Waals surface area contributed by atoms with E-state index in [-0.39, 0.29) is 29.6 Å². The van der Waals surface area contributed by atoms with Crippen molar-refractivity contribution in [1.29, 1.82) is 0 Å². The number of nitrogens with zero attached hydrogens (tertiary/aromatic N) is 1. The number of carbonyl (C=O) groups excluding carboxylic acids is 3. The Morgan fingerprint density at radius 1 is 1.22 bits per heavy atom. The van der Waals surface area contributed by atoms with Crippen molar-refractivity contribution in [2.45, 2.75) is 38.1 Å². The number of imide groups is 1. The molecule has 1 heterocycles. The van der Waals surface area contributed by atoms with E-state index in [2.05, 4.69) is 5.32 Å². The Bertz CT molecular complexity index is 700. The van der Waals surface area contributed by atoms with E-state index in [1.807, 2.05) is 12.3 Å². The Morgan fingerprint density at radius 2 is 1.85 bits per heavy atom. The highest BCUT2D eigenvalue weighted by molar-refractivity contribution is 7.98. The van der Waals surface area contributed by atoms with E-state index in [0.29, 0.717) is 23.6 Å². The molecule has 0 aromatic heterocycles. The van der Waals surface area contributed by atoms with Crippen LogP contribution in [-0.2, 0) is 14.4 Å². The fourth-order valence-electron chi connectivity index (χ4n) is 4.07. The summed E-state index contributed by atoms with van der Waals surface area (Å²) in [6.07, 6.45) is 5.82. The molecule has 3 amide bonds. The number of thioether (sulfide) groups is 1. The molecule has 0 spiro atoms. The van der Waals surface area contributed by atoms with Gasteiger partial charge in [0.25, 0.3) is 0 Å². The van der Waals surface area contributed by atoms with Crippen LogP contribution < -0.4 is 10.1 Å². The number of para-hydroxylation sites is 2. The third-order valence-electron chi connectivity index (χ3n) is 5.45. The molecule has 1 N–H and O–H groups in total. The van der Waals surface area contributed by atoms with Gasteiger partial charge in [-0.25, -0.2) is 0 Å². The monoisotopic (exact) mass is 390 g/mol. The second kappa shape index (κ2) is 8.78. The van der Waals surface area contributed by atoms with Crippen LogP contribution in [0.1, 0.15) is 32.1 Å². The van der Waals surface area contributed by atoms with Crippen LogP contribution in [0, 0.1) is 11.8 Å². The van der Waals surface area contributed by atoms with Crippen molar-refractivity contribution in [3.05, 3.63) is 24.3 Å². The molecule has 2 fully saturated rings. The Morgan fingerprint density at radius 3 is 2.44 bits per heavy atom. The van der Waals surface area contributed by atoms with E-state index in [1.165, 1.54) is 12.0 Å². The lowest BCUT2D eigenvalue weighted by atomic mass is 9.81. The molecule has 3 atom stereocenters. The maximum atomic E-state index is 13.0. The Balaban J connectivity index is 1.83. The van der Waals surface area contributed by atoms with Crippen molar-refractivity contribution in [3.63, 3.8) is 0 Å². The first-order valence-electron chi connectivity index (χ1n) is 9.38. The normalized spacial score (nSPS) is 23.1. The number of fused-ring (bicyclic) bond motifs is 1. The SMILES string of the molecule is COc1ccccc1NC(=O)[C@H](CCSC)N1C(=O)[C@H]2CCCC[C@H]2C1=O. The zero-order chi connectivity index (χ0) is 19.4. The second-order valence-electron chi connectivity index (χ2n) is 7.03. The molecule has 0 radical (unpaired) electrons. The number of rotatable bonds is 7. The minimum atomic E-state index is -0.784. The zero-order valence-electron chi connectivity index (χ0n) is 15.8. The smallest absolute Gasteiger partial charge is 0.247 e. The van der Waals surface area contributed by atoms with Crippen LogP contribution >= 0.6 is 11.8 Å². The molecule has 7 heteroatoms. The summed E-state index contributed by atoms with van der Waals surface area (Å²) in [6, 6.07) is 6.34. The maximum absolute atomic E-state index is 13.0. The van der Waals surface area contributed by atoms with Crippen molar-refractivity contribution in [2.24, 2.45) is 11.8 Å². The van der Waals surface area contributed by atoms with Gasteiger partial charge in [0.15, 0.2) is 0 Å². The summed E-state index contributed by atoms with van der Waals surface area (Å²) in [7, 11) is 1.54. The number of likely N-dealkylation sites (tertiary alicyclic amines) is 1. The Labute approximate surface area is 164 Å². The number of hydrogen-bond acceptors (Lipinski definition) is 5. The van der Waals surface area contributed by atoms with E-state index < -0.39 is 6.04 Å². The van der Waals surface area contributed by atoms with Crippen LogP contribution in [0.5, 0.6) is 5.75 Å².